The van der Waals surface area contributed by atoms with E-state index in [1.807, 2.05) is 0 Å². The number of amides is 1. The number of hydrogen-bond acceptors (Lipinski definition) is 5. The number of hydrogen-bond donors (Lipinski definition) is 2. The first-order chi connectivity index (χ1) is 9.49. The molecule has 0 unspecified atom stereocenters. The second-order valence-corrected chi connectivity index (χ2v) is 5.57. The van der Waals surface area contributed by atoms with E-state index in [0.29, 0.717) is 17.9 Å². The van der Waals surface area contributed by atoms with E-state index in [-0.39, 0.29) is 11.4 Å². The molecule has 0 aliphatic carbocycles. The van der Waals surface area contributed by atoms with E-state index in [1.165, 1.54) is 6.20 Å². The Labute approximate surface area is 119 Å². The standard InChI is InChI=1S/C14H22N4O2/c1-14(2,18-5-7-20-8-6-18)10-17-13(19)12-4-3-11(15)9-16-12/h3-4,9H,5-8,10,15H2,1-2H3,(H,17,19). The fourth-order valence-electron chi connectivity index (χ4n) is 2.21. The molecule has 1 aromatic rings. The van der Waals surface area contributed by atoms with Crippen LogP contribution >= 0.6 is 0 Å². The van der Waals surface area contributed by atoms with Crippen molar-refractivity contribution >= 4 is 11.6 Å². The lowest BCUT2D eigenvalue weighted by atomic mass is 10.0. The molecule has 0 spiro atoms. The Morgan fingerprint density at radius 1 is 1.45 bits per heavy atom. The molecule has 1 saturated heterocycles. The number of morpholine rings is 1. The maximum Gasteiger partial charge on any atom is 0.269 e. The minimum atomic E-state index is -0.175. The minimum Gasteiger partial charge on any atom is -0.397 e. The third-order valence-electron chi connectivity index (χ3n) is 3.57. The van der Waals surface area contributed by atoms with E-state index >= 15 is 0 Å². The van der Waals surface area contributed by atoms with Gasteiger partial charge in [0.05, 0.1) is 25.1 Å². The lowest BCUT2D eigenvalue weighted by molar-refractivity contribution is -0.00924. The van der Waals surface area contributed by atoms with Gasteiger partial charge in [0.1, 0.15) is 5.69 Å². The van der Waals surface area contributed by atoms with E-state index < -0.39 is 0 Å². The number of ether oxygens (including phenoxy) is 1. The minimum absolute atomic E-state index is 0.104. The Kier molecular flexibility index (Phi) is 4.57. The van der Waals surface area contributed by atoms with Gasteiger partial charge in [0.15, 0.2) is 0 Å². The van der Waals surface area contributed by atoms with Crippen LogP contribution in [0.1, 0.15) is 24.3 Å². The van der Waals surface area contributed by atoms with Gasteiger partial charge in [-0.2, -0.15) is 0 Å². The topological polar surface area (TPSA) is 80.5 Å². The maximum absolute atomic E-state index is 12.0. The first kappa shape index (κ1) is 14.7. The largest absolute Gasteiger partial charge is 0.397 e. The molecular formula is C14H22N4O2. The number of nitrogens with two attached hydrogens (primary N) is 1. The Balaban J connectivity index is 1.90. The molecule has 0 aromatic carbocycles. The Morgan fingerprint density at radius 3 is 2.75 bits per heavy atom. The SMILES string of the molecule is CC(C)(CNC(=O)c1ccc(N)cn1)N1CCOCC1. The summed E-state index contributed by atoms with van der Waals surface area (Å²) in [6, 6.07) is 3.31. The van der Waals surface area contributed by atoms with Crippen LogP contribution in [0.25, 0.3) is 0 Å². The molecule has 0 radical (unpaired) electrons. The van der Waals surface area contributed by atoms with E-state index in [4.69, 9.17) is 10.5 Å². The molecule has 1 aliphatic rings. The molecule has 1 fully saturated rings. The molecule has 1 aromatic heterocycles. The predicted octanol–water partition coefficient (Wildman–Crippen LogP) is 0.504. The molecule has 1 amide bonds. The Morgan fingerprint density at radius 2 is 2.15 bits per heavy atom. The fourth-order valence-corrected chi connectivity index (χ4v) is 2.21. The van der Waals surface area contributed by atoms with Gasteiger partial charge in [-0.25, -0.2) is 4.98 Å². The van der Waals surface area contributed by atoms with Gasteiger partial charge in [0.2, 0.25) is 0 Å². The first-order valence-electron chi connectivity index (χ1n) is 6.81. The van der Waals surface area contributed by atoms with Crippen LogP contribution in [0.4, 0.5) is 5.69 Å². The highest BCUT2D eigenvalue weighted by molar-refractivity contribution is 5.92. The molecule has 2 heterocycles. The van der Waals surface area contributed by atoms with Crippen molar-refractivity contribution in [2.45, 2.75) is 19.4 Å². The van der Waals surface area contributed by atoms with Gasteiger partial charge in [-0.15, -0.1) is 0 Å². The fraction of sp³-hybridized carbons (Fsp3) is 0.571. The summed E-state index contributed by atoms with van der Waals surface area (Å²) in [5.74, 6) is -0.175. The van der Waals surface area contributed by atoms with E-state index in [1.54, 1.807) is 12.1 Å². The number of rotatable bonds is 4. The van der Waals surface area contributed by atoms with Crippen molar-refractivity contribution in [2.24, 2.45) is 0 Å². The molecular weight excluding hydrogens is 256 g/mol. The maximum atomic E-state index is 12.0. The number of carbonyl (C=O) groups excluding carboxylic acids is 1. The van der Waals surface area contributed by atoms with E-state index in [9.17, 15) is 4.79 Å². The van der Waals surface area contributed by atoms with Crippen molar-refractivity contribution in [3.8, 4) is 0 Å². The van der Waals surface area contributed by atoms with E-state index in [2.05, 4.69) is 29.0 Å². The number of nitrogen functional groups attached to an aromatic ring is 1. The highest BCUT2D eigenvalue weighted by atomic mass is 16.5. The molecule has 0 atom stereocenters. The van der Waals surface area contributed by atoms with Gasteiger partial charge in [-0.1, -0.05) is 0 Å². The lowest BCUT2D eigenvalue weighted by Gasteiger charge is -2.40. The number of anilines is 1. The molecule has 2 rings (SSSR count). The van der Waals surface area contributed by atoms with Crippen LogP contribution in [0.2, 0.25) is 0 Å². The van der Waals surface area contributed by atoms with Gasteiger partial charge in [0.25, 0.3) is 5.91 Å². The molecule has 0 bridgehead atoms. The van der Waals surface area contributed by atoms with Crippen molar-refractivity contribution in [1.29, 1.82) is 0 Å². The van der Waals surface area contributed by atoms with Crippen LogP contribution in [-0.2, 0) is 4.74 Å². The summed E-state index contributed by atoms with van der Waals surface area (Å²) < 4.78 is 5.35. The van der Waals surface area contributed by atoms with Gasteiger partial charge < -0.3 is 15.8 Å². The van der Waals surface area contributed by atoms with Crippen molar-refractivity contribution in [3.05, 3.63) is 24.0 Å². The van der Waals surface area contributed by atoms with Crippen molar-refractivity contribution < 1.29 is 9.53 Å². The normalized spacial score (nSPS) is 16.9. The van der Waals surface area contributed by atoms with Crippen LogP contribution in [0.15, 0.2) is 18.3 Å². The molecule has 110 valence electrons. The third kappa shape index (κ3) is 3.68. The number of nitrogens with one attached hydrogen (secondary N) is 1. The summed E-state index contributed by atoms with van der Waals surface area (Å²) >= 11 is 0. The number of pyridine rings is 1. The predicted molar refractivity (Wildman–Crippen MR) is 77.5 cm³/mol. The number of carbonyl (C=O) groups is 1. The zero-order chi connectivity index (χ0) is 14.6. The average Bonchev–Trinajstić information content (AvgIpc) is 2.46. The van der Waals surface area contributed by atoms with Crippen LogP contribution in [0.3, 0.4) is 0 Å². The Bertz CT molecular complexity index is 453. The molecule has 6 nitrogen and oxygen atoms in total. The molecule has 20 heavy (non-hydrogen) atoms. The summed E-state index contributed by atoms with van der Waals surface area (Å²) in [5.41, 5.74) is 6.39. The smallest absolute Gasteiger partial charge is 0.269 e. The molecule has 6 heteroatoms. The van der Waals surface area contributed by atoms with Crippen molar-refractivity contribution in [3.63, 3.8) is 0 Å². The van der Waals surface area contributed by atoms with E-state index in [0.717, 1.165) is 26.3 Å². The molecule has 3 N–H and O–H groups in total. The van der Waals surface area contributed by atoms with Crippen LogP contribution in [-0.4, -0.2) is 54.2 Å². The summed E-state index contributed by atoms with van der Waals surface area (Å²) in [7, 11) is 0. The van der Waals surface area contributed by atoms with Crippen LogP contribution in [0, 0.1) is 0 Å². The average molecular weight is 278 g/mol. The van der Waals surface area contributed by atoms with Crippen molar-refractivity contribution in [1.82, 2.24) is 15.2 Å². The zero-order valence-electron chi connectivity index (χ0n) is 12.1. The van der Waals surface area contributed by atoms with Crippen LogP contribution < -0.4 is 11.1 Å². The van der Waals surface area contributed by atoms with Gasteiger partial charge >= 0.3 is 0 Å². The molecule has 0 saturated carbocycles. The highest BCUT2D eigenvalue weighted by Crippen LogP contribution is 2.15. The second kappa shape index (κ2) is 6.19. The lowest BCUT2D eigenvalue weighted by Crippen LogP contribution is -2.55. The third-order valence-corrected chi connectivity index (χ3v) is 3.57. The monoisotopic (exact) mass is 278 g/mol. The van der Waals surface area contributed by atoms with Crippen molar-refractivity contribution in [2.75, 3.05) is 38.6 Å². The number of nitrogens with zero attached hydrogens (tertiary/aromatic N) is 2. The number of aromatic nitrogens is 1. The Hall–Kier alpha value is -1.66. The summed E-state index contributed by atoms with van der Waals surface area (Å²) in [6.45, 7) is 8.09. The van der Waals surface area contributed by atoms with Gasteiger partial charge in [-0.05, 0) is 26.0 Å². The first-order valence-corrected chi connectivity index (χ1v) is 6.81. The van der Waals surface area contributed by atoms with Crippen LogP contribution in [0.5, 0.6) is 0 Å². The van der Waals surface area contributed by atoms with Gasteiger partial charge in [0, 0.05) is 25.2 Å². The summed E-state index contributed by atoms with van der Waals surface area (Å²) in [4.78, 5) is 18.4. The molecule has 1 aliphatic heterocycles. The second-order valence-electron chi connectivity index (χ2n) is 5.57. The summed E-state index contributed by atoms with van der Waals surface area (Å²) in [6.07, 6.45) is 1.49. The summed E-state index contributed by atoms with van der Waals surface area (Å²) in [5, 5.41) is 2.93. The highest BCUT2D eigenvalue weighted by Gasteiger charge is 2.28. The quantitative estimate of drug-likeness (QED) is 0.838. The van der Waals surface area contributed by atoms with Gasteiger partial charge in [-0.3, -0.25) is 9.69 Å². The zero-order valence-corrected chi connectivity index (χ0v) is 12.1.